The molecule has 25 heavy (non-hydrogen) atoms. The molecule has 3 rings (SSSR count). The van der Waals surface area contributed by atoms with Gasteiger partial charge in [-0.3, -0.25) is 4.98 Å². The number of nitrogens with zero attached hydrogens (tertiary/aromatic N) is 1. The summed E-state index contributed by atoms with van der Waals surface area (Å²) in [6.45, 7) is 3.82. The number of aromatic nitrogens is 1. The Morgan fingerprint density at radius 3 is 2.72 bits per heavy atom. The van der Waals surface area contributed by atoms with Crippen LogP contribution in [0.15, 0.2) is 42.6 Å². The van der Waals surface area contributed by atoms with Gasteiger partial charge in [-0.2, -0.15) is 0 Å². The third kappa shape index (κ3) is 3.20. The first-order chi connectivity index (χ1) is 12.0. The number of aromatic carboxylic acids is 1. The van der Waals surface area contributed by atoms with Gasteiger partial charge in [0.1, 0.15) is 11.3 Å². The molecule has 1 aromatic heterocycles. The van der Waals surface area contributed by atoms with Crippen molar-refractivity contribution in [1.29, 1.82) is 0 Å². The Labute approximate surface area is 146 Å². The number of aryl methyl sites for hydroxylation is 1. The number of rotatable bonds is 5. The van der Waals surface area contributed by atoms with Gasteiger partial charge in [0.15, 0.2) is 0 Å². The highest BCUT2D eigenvalue weighted by Crippen LogP contribution is 2.36. The topological polar surface area (TPSA) is 70.4 Å². The van der Waals surface area contributed by atoms with Crippen molar-refractivity contribution in [2.45, 2.75) is 33.1 Å². The Morgan fingerprint density at radius 2 is 2.00 bits per heavy atom. The van der Waals surface area contributed by atoms with Crippen LogP contribution in [0.1, 0.15) is 41.3 Å². The maximum absolute atomic E-state index is 11.7. The Bertz CT molecular complexity index is 947. The molecule has 0 aliphatic carbocycles. The number of unbranched alkanes of at least 4 members (excludes halogenated alkanes) is 1. The van der Waals surface area contributed by atoms with E-state index in [0.29, 0.717) is 17.5 Å². The zero-order chi connectivity index (χ0) is 18.0. The van der Waals surface area contributed by atoms with Crippen LogP contribution in [0.5, 0.6) is 5.75 Å². The number of hydrogen-bond acceptors (Lipinski definition) is 3. The van der Waals surface area contributed by atoms with Crippen molar-refractivity contribution in [3.63, 3.8) is 0 Å². The van der Waals surface area contributed by atoms with Gasteiger partial charge >= 0.3 is 5.97 Å². The number of benzene rings is 2. The molecule has 128 valence electrons. The lowest BCUT2D eigenvalue weighted by molar-refractivity contribution is 0.0692. The molecule has 0 aliphatic rings. The predicted molar refractivity (Wildman–Crippen MR) is 99.2 cm³/mol. The summed E-state index contributed by atoms with van der Waals surface area (Å²) >= 11 is 0. The van der Waals surface area contributed by atoms with Crippen molar-refractivity contribution in [2.24, 2.45) is 0 Å². The number of hydrogen-bond donors (Lipinski definition) is 2. The van der Waals surface area contributed by atoms with E-state index in [-0.39, 0.29) is 11.3 Å². The number of carboxylic acid groups (broad SMARTS) is 1. The zero-order valence-electron chi connectivity index (χ0n) is 14.4. The van der Waals surface area contributed by atoms with Crippen LogP contribution in [0.2, 0.25) is 0 Å². The van der Waals surface area contributed by atoms with Gasteiger partial charge in [0.25, 0.3) is 0 Å². The molecule has 3 aromatic rings. The van der Waals surface area contributed by atoms with Crippen molar-refractivity contribution in [1.82, 2.24) is 4.98 Å². The number of phenols is 1. The molecule has 4 heteroatoms. The van der Waals surface area contributed by atoms with Crippen LogP contribution in [0.25, 0.3) is 22.0 Å². The average Bonchev–Trinajstić information content (AvgIpc) is 2.60. The summed E-state index contributed by atoms with van der Waals surface area (Å²) in [6.07, 6.45) is 4.29. The molecule has 0 unspecified atom stereocenters. The molecule has 4 nitrogen and oxygen atoms in total. The van der Waals surface area contributed by atoms with E-state index in [1.54, 1.807) is 13.1 Å². The van der Waals surface area contributed by atoms with Gasteiger partial charge < -0.3 is 10.2 Å². The fourth-order valence-electron chi connectivity index (χ4n) is 3.19. The van der Waals surface area contributed by atoms with E-state index < -0.39 is 5.97 Å². The monoisotopic (exact) mass is 335 g/mol. The second kappa shape index (κ2) is 6.93. The Morgan fingerprint density at radius 1 is 1.20 bits per heavy atom. The van der Waals surface area contributed by atoms with Gasteiger partial charge in [0.2, 0.25) is 0 Å². The zero-order valence-corrected chi connectivity index (χ0v) is 14.4. The molecule has 2 aromatic carbocycles. The summed E-state index contributed by atoms with van der Waals surface area (Å²) in [7, 11) is 0. The van der Waals surface area contributed by atoms with Crippen LogP contribution in [0, 0.1) is 6.92 Å². The molecule has 0 bridgehead atoms. The summed E-state index contributed by atoms with van der Waals surface area (Å²) in [5, 5.41) is 21.0. The summed E-state index contributed by atoms with van der Waals surface area (Å²) in [5.74, 6) is -1.21. The maximum Gasteiger partial charge on any atom is 0.339 e. The van der Waals surface area contributed by atoms with E-state index in [4.69, 9.17) is 0 Å². The molecule has 0 aliphatic heterocycles. The smallest absolute Gasteiger partial charge is 0.339 e. The molecule has 0 spiro atoms. The lowest BCUT2D eigenvalue weighted by Crippen LogP contribution is -2.05. The van der Waals surface area contributed by atoms with Crippen LogP contribution in [-0.2, 0) is 6.42 Å². The van der Waals surface area contributed by atoms with E-state index in [9.17, 15) is 15.0 Å². The number of carbonyl (C=O) groups is 1. The van der Waals surface area contributed by atoms with Gasteiger partial charge in [-0.05, 0) is 66.3 Å². The van der Waals surface area contributed by atoms with E-state index in [0.717, 1.165) is 34.9 Å². The fourth-order valence-corrected chi connectivity index (χ4v) is 3.19. The van der Waals surface area contributed by atoms with Gasteiger partial charge in [-0.1, -0.05) is 25.5 Å². The van der Waals surface area contributed by atoms with Crippen molar-refractivity contribution >= 4 is 16.9 Å². The highest BCUT2D eigenvalue weighted by Gasteiger charge is 2.20. The molecule has 1 heterocycles. The number of aromatic hydroxyl groups is 1. The molecule has 2 N–H and O–H groups in total. The third-order valence-electron chi connectivity index (χ3n) is 4.57. The minimum Gasteiger partial charge on any atom is -0.507 e. The first kappa shape index (κ1) is 17.0. The quantitative estimate of drug-likeness (QED) is 0.691. The molecular formula is C21H21NO3. The van der Waals surface area contributed by atoms with Crippen molar-refractivity contribution in [3.05, 3.63) is 59.3 Å². The number of fused-ring (bicyclic) bond motifs is 1. The highest BCUT2D eigenvalue weighted by atomic mass is 16.4. The largest absolute Gasteiger partial charge is 0.507 e. The van der Waals surface area contributed by atoms with Crippen LogP contribution >= 0.6 is 0 Å². The highest BCUT2D eigenvalue weighted by molar-refractivity contribution is 5.96. The normalized spacial score (nSPS) is 11.0. The summed E-state index contributed by atoms with van der Waals surface area (Å²) in [6, 6.07) is 11.7. The molecule has 0 saturated heterocycles. The molecule has 0 amide bonds. The van der Waals surface area contributed by atoms with Crippen LogP contribution < -0.4 is 0 Å². The second-order valence-corrected chi connectivity index (χ2v) is 6.25. The summed E-state index contributed by atoms with van der Waals surface area (Å²) in [5.41, 5.74) is 3.92. The Balaban J connectivity index is 2.22. The standard InChI is InChI=1S/C21H21NO3/c1-3-4-6-16-12-17(13(2)19(20(16)23)21(24)25)14-8-9-18-15(11-14)7-5-10-22-18/h5,7-12,23H,3-4,6H2,1-2H3,(H,24,25). The first-order valence-electron chi connectivity index (χ1n) is 8.46. The van der Waals surface area contributed by atoms with Crippen molar-refractivity contribution in [3.8, 4) is 16.9 Å². The van der Waals surface area contributed by atoms with E-state index >= 15 is 0 Å². The van der Waals surface area contributed by atoms with Gasteiger partial charge in [-0.15, -0.1) is 0 Å². The summed E-state index contributed by atoms with van der Waals surface area (Å²) < 4.78 is 0. The maximum atomic E-state index is 11.7. The van der Waals surface area contributed by atoms with Crippen molar-refractivity contribution in [2.75, 3.05) is 0 Å². The molecular weight excluding hydrogens is 314 g/mol. The summed E-state index contributed by atoms with van der Waals surface area (Å²) in [4.78, 5) is 16.0. The minimum atomic E-state index is -1.10. The average molecular weight is 335 g/mol. The molecule has 0 fully saturated rings. The van der Waals surface area contributed by atoms with Crippen LogP contribution in [-0.4, -0.2) is 21.2 Å². The third-order valence-corrected chi connectivity index (χ3v) is 4.57. The Kier molecular flexibility index (Phi) is 4.70. The van der Waals surface area contributed by atoms with E-state index in [1.807, 2.05) is 36.4 Å². The fraction of sp³-hybridized carbons (Fsp3) is 0.238. The molecule has 0 saturated carbocycles. The SMILES string of the molecule is CCCCc1cc(-c2ccc3ncccc3c2)c(C)c(C(=O)O)c1O. The molecule has 0 radical (unpaired) electrons. The van der Waals surface area contributed by atoms with Gasteiger partial charge in [0, 0.05) is 11.6 Å². The van der Waals surface area contributed by atoms with Crippen LogP contribution in [0.3, 0.4) is 0 Å². The lowest BCUT2D eigenvalue weighted by Gasteiger charge is -2.15. The second-order valence-electron chi connectivity index (χ2n) is 6.25. The van der Waals surface area contributed by atoms with Gasteiger partial charge in [-0.25, -0.2) is 4.79 Å². The van der Waals surface area contributed by atoms with Crippen molar-refractivity contribution < 1.29 is 15.0 Å². The van der Waals surface area contributed by atoms with E-state index in [1.165, 1.54) is 0 Å². The van der Waals surface area contributed by atoms with E-state index in [2.05, 4.69) is 11.9 Å². The lowest BCUT2D eigenvalue weighted by atomic mass is 9.90. The van der Waals surface area contributed by atoms with Gasteiger partial charge in [0.05, 0.1) is 5.52 Å². The predicted octanol–water partition coefficient (Wildman–Crippen LogP) is 4.96. The Hall–Kier alpha value is -2.88. The minimum absolute atomic E-state index is 0.00473. The number of pyridine rings is 1. The molecule has 0 atom stereocenters. The van der Waals surface area contributed by atoms with Crippen LogP contribution in [0.4, 0.5) is 0 Å². The first-order valence-corrected chi connectivity index (χ1v) is 8.46. The number of carboxylic acids is 1.